The fourth-order valence-corrected chi connectivity index (χ4v) is 2.06. The van der Waals surface area contributed by atoms with Crippen LogP contribution >= 0.6 is 0 Å². The maximum atomic E-state index is 11.7. The van der Waals surface area contributed by atoms with Crippen LogP contribution in [0.15, 0.2) is 30.3 Å². The number of hydrogen-bond acceptors (Lipinski definition) is 5. The van der Waals surface area contributed by atoms with E-state index < -0.39 is 6.04 Å². The Labute approximate surface area is 119 Å². The molecule has 0 saturated carbocycles. The van der Waals surface area contributed by atoms with Crippen LogP contribution in [-0.2, 0) is 25.4 Å². The second kappa shape index (κ2) is 7.99. The number of carbonyl (C=O) groups is 1. The van der Waals surface area contributed by atoms with Gasteiger partial charge in [-0.2, -0.15) is 0 Å². The Hall–Kier alpha value is -1.43. The largest absolute Gasteiger partial charge is 0.465 e. The molecule has 0 amide bonds. The molecule has 110 valence electrons. The van der Waals surface area contributed by atoms with E-state index in [1.807, 2.05) is 30.3 Å². The average molecular weight is 279 g/mol. The molecule has 1 aromatic rings. The van der Waals surface area contributed by atoms with E-state index in [0.29, 0.717) is 32.7 Å². The summed E-state index contributed by atoms with van der Waals surface area (Å²) in [5, 5.41) is 0. The Kier molecular flexibility index (Phi) is 5.98. The first kappa shape index (κ1) is 15.0. The van der Waals surface area contributed by atoms with Crippen molar-refractivity contribution in [2.24, 2.45) is 5.73 Å². The van der Waals surface area contributed by atoms with Gasteiger partial charge in [0.1, 0.15) is 6.04 Å². The molecule has 1 heterocycles. The smallest absolute Gasteiger partial charge is 0.323 e. The summed E-state index contributed by atoms with van der Waals surface area (Å²) in [6.07, 6.45) is 1.80. The maximum Gasteiger partial charge on any atom is 0.323 e. The van der Waals surface area contributed by atoms with Crippen molar-refractivity contribution in [2.45, 2.75) is 31.6 Å². The van der Waals surface area contributed by atoms with Crippen LogP contribution in [0, 0.1) is 0 Å². The quantitative estimate of drug-likeness (QED) is 0.601. The minimum absolute atomic E-state index is 0.147. The molecule has 1 unspecified atom stereocenters. The fraction of sp³-hybridized carbons (Fsp3) is 0.533. The average Bonchev–Trinajstić information content (AvgIpc) is 2.97. The summed E-state index contributed by atoms with van der Waals surface area (Å²) in [5.74, 6) is -0.359. The van der Waals surface area contributed by atoms with Gasteiger partial charge < -0.3 is 19.9 Å². The molecule has 1 saturated heterocycles. The van der Waals surface area contributed by atoms with Gasteiger partial charge in [-0.05, 0) is 18.4 Å². The monoisotopic (exact) mass is 279 g/mol. The molecule has 2 N–H and O–H groups in total. The van der Waals surface area contributed by atoms with Crippen molar-refractivity contribution < 1.29 is 19.0 Å². The van der Waals surface area contributed by atoms with Crippen LogP contribution in [0.4, 0.5) is 0 Å². The van der Waals surface area contributed by atoms with Crippen LogP contribution in [-0.4, -0.2) is 38.1 Å². The van der Waals surface area contributed by atoms with Gasteiger partial charge in [0, 0.05) is 6.42 Å². The molecule has 0 aliphatic carbocycles. The third-order valence-electron chi connectivity index (χ3n) is 3.12. The van der Waals surface area contributed by atoms with Crippen molar-refractivity contribution in [1.29, 1.82) is 0 Å². The van der Waals surface area contributed by atoms with Crippen LogP contribution in [0.2, 0.25) is 0 Å². The van der Waals surface area contributed by atoms with Gasteiger partial charge in [-0.3, -0.25) is 4.79 Å². The molecule has 5 nitrogen and oxygen atoms in total. The molecular weight excluding hydrogens is 258 g/mol. The third kappa shape index (κ3) is 4.92. The Morgan fingerprint density at radius 3 is 2.70 bits per heavy atom. The fourth-order valence-electron chi connectivity index (χ4n) is 2.06. The van der Waals surface area contributed by atoms with E-state index in [1.165, 1.54) is 0 Å². The third-order valence-corrected chi connectivity index (χ3v) is 3.12. The molecule has 1 aliphatic rings. The Bertz CT molecular complexity index is 404. The van der Waals surface area contributed by atoms with E-state index in [-0.39, 0.29) is 12.3 Å². The molecule has 0 radical (unpaired) electrons. The topological polar surface area (TPSA) is 70.8 Å². The van der Waals surface area contributed by atoms with Crippen LogP contribution in [0.3, 0.4) is 0 Å². The van der Waals surface area contributed by atoms with E-state index in [2.05, 4.69) is 0 Å². The zero-order valence-electron chi connectivity index (χ0n) is 11.5. The normalized spacial score (nSPS) is 17.1. The van der Waals surface area contributed by atoms with Gasteiger partial charge in [-0.1, -0.05) is 30.3 Å². The molecular formula is C15H21NO4. The first-order chi connectivity index (χ1) is 9.75. The maximum absolute atomic E-state index is 11.7. The van der Waals surface area contributed by atoms with E-state index >= 15 is 0 Å². The number of nitrogens with two attached hydrogens (primary N) is 1. The molecule has 0 aromatic heterocycles. The molecule has 1 fully saturated rings. The summed E-state index contributed by atoms with van der Waals surface area (Å²) >= 11 is 0. The highest BCUT2D eigenvalue weighted by atomic mass is 16.7. The van der Waals surface area contributed by atoms with Crippen molar-refractivity contribution in [3.05, 3.63) is 35.9 Å². The molecule has 0 spiro atoms. The Balaban J connectivity index is 1.61. The number of carbonyl (C=O) groups excluding carboxylic acids is 1. The highest BCUT2D eigenvalue weighted by Crippen LogP contribution is 2.10. The first-order valence-electron chi connectivity index (χ1n) is 6.95. The van der Waals surface area contributed by atoms with E-state index in [1.54, 1.807) is 0 Å². The lowest BCUT2D eigenvalue weighted by atomic mass is 10.1. The van der Waals surface area contributed by atoms with Gasteiger partial charge in [-0.25, -0.2) is 0 Å². The second-order valence-electron chi connectivity index (χ2n) is 4.78. The summed E-state index contributed by atoms with van der Waals surface area (Å²) in [4.78, 5) is 11.7. The number of esters is 1. The minimum atomic E-state index is -0.614. The molecule has 1 atom stereocenters. The minimum Gasteiger partial charge on any atom is -0.465 e. The van der Waals surface area contributed by atoms with Crippen molar-refractivity contribution >= 4 is 5.97 Å². The van der Waals surface area contributed by atoms with Crippen LogP contribution in [0.1, 0.15) is 18.4 Å². The summed E-state index contributed by atoms with van der Waals surface area (Å²) in [7, 11) is 0. The Morgan fingerprint density at radius 1 is 1.30 bits per heavy atom. The van der Waals surface area contributed by atoms with Gasteiger partial charge in [0.05, 0.1) is 19.8 Å². The van der Waals surface area contributed by atoms with Gasteiger partial charge in [0.2, 0.25) is 0 Å². The van der Waals surface area contributed by atoms with Gasteiger partial charge >= 0.3 is 5.97 Å². The van der Waals surface area contributed by atoms with Gasteiger partial charge in [0.15, 0.2) is 6.29 Å². The zero-order valence-corrected chi connectivity index (χ0v) is 11.5. The highest BCUT2D eigenvalue weighted by molar-refractivity contribution is 5.75. The lowest BCUT2D eigenvalue weighted by Gasteiger charge is -2.12. The summed E-state index contributed by atoms with van der Waals surface area (Å²) in [5.41, 5.74) is 6.86. The van der Waals surface area contributed by atoms with Crippen LogP contribution in [0.25, 0.3) is 0 Å². The highest BCUT2D eigenvalue weighted by Gasteiger charge is 2.17. The molecule has 1 aliphatic heterocycles. The Morgan fingerprint density at radius 2 is 2.00 bits per heavy atom. The van der Waals surface area contributed by atoms with Crippen molar-refractivity contribution in [3.63, 3.8) is 0 Å². The number of hydrogen-bond donors (Lipinski definition) is 1. The molecule has 20 heavy (non-hydrogen) atoms. The van der Waals surface area contributed by atoms with E-state index in [9.17, 15) is 4.79 Å². The van der Waals surface area contributed by atoms with E-state index in [4.69, 9.17) is 19.9 Å². The second-order valence-corrected chi connectivity index (χ2v) is 4.78. The summed E-state index contributed by atoms with van der Waals surface area (Å²) in [6.45, 7) is 1.64. The lowest BCUT2D eigenvalue weighted by Crippen LogP contribution is -2.34. The summed E-state index contributed by atoms with van der Waals surface area (Å²) in [6, 6.07) is 9.06. The first-order valence-corrected chi connectivity index (χ1v) is 6.95. The molecule has 5 heteroatoms. The number of rotatable bonds is 7. The zero-order chi connectivity index (χ0) is 14.2. The lowest BCUT2D eigenvalue weighted by molar-refractivity contribution is -0.145. The molecule has 0 bridgehead atoms. The van der Waals surface area contributed by atoms with E-state index in [0.717, 1.165) is 12.0 Å². The standard InChI is InChI=1S/C15H21NO4/c16-13(11-12-5-2-1-3-6-12)15(17)20-8-4-7-14-18-9-10-19-14/h1-3,5-6,13-14H,4,7-11,16H2. The predicted octanol–water partition coefficient (Wildman–Crippen LogP) is 1.25. The SMILES string of the molecule is NC(Cc1ccccc1)C(=O)OCCCC1OCCO1. The van der Waals surface area contributed by atoms with Crippen molar-refractivity contribution in [1.82, 2.24) is 0 Å². The predicted molar refractivity (Wildman–Crippen MR) is 74.0 cm³/mol. The van der Waals surface area contributed by atoms with Crippen molar-refractivity contribution in [2.75, 3.05) is 19.8 Å². The number of ether oxygens (including phenoxy) is 3. The van der Waals surface area contributed by atoms with Crippen LogP contribution in [0.5, 0.6) is 0 Å². The number of benzene rings is 1. The molecule has 2 rings (SSSR count). The molecule has 1 aromatic carbocycles. The van der Waals surface area contributed by atoms with Crippen LogP contribution < -0.4 is 5.73 Å². The van der Waals surface area contributed by atoms with Crippen molar-refractivity contribution in [3.8, 4) is 0 Å². The van der Waals surface area contributed by atoms with Gasteiger partial charge in [-0.15, -0.1) is 0 Å². The summed E-state index contributed by atoms with van der Waals surface area (Å²) < 4.78 is 15.8. The van der Waals surface area contributed by atoms with Gasteiger partial charge in [0.25, 0.3) is 0 Å².